The summed E-state index contributed by atoms with van der Waals surface area (Å²) in [7, 11) is 0. The molecule has 0 saturated carbocycles. The van der Waals surface area contributed by atoms with Crippen molar-refractivity contribution in [3.63, 3.8) is 0 Å². The zero-order valence-electron chi connectivity index (χ0n) is 21.5. The van der Waals surface area contributed by atoms with Gasteiger partial charge in [0.1, 0.15) is 18.1 Å². The normalized spacial score (nSPS) is 16.6. The highest BCUT2D eigenvalue weighted by Gasteiger charge is 2.42. The zero-order valence-corrected chi connectivity index (χ0v) is 21.5. The van der Waals surface area contributed by atoms with Crippen molar-refractivity contribution in [1.82, 2.24) is 15.5 Å². The Hall–Kier alpha value is -4.15. The molecule has 0 unspecified atom stereocenters. The van der Waals surface area contributed by atoms with Gasteiger partial charge in [0.05, 0.1) is 0 Å². The summed E-state index contributed by atoms with van der Waals surface area (Å²) < 4.78 is 39.0. The zero-order chi connectivity index (χ0) is 28.6. The van der Waals surface area contributed by atoms with Gasteiger partial charge in [0.15, 0.2) is 0 Å². The molecule has 4 amide bonds. The summed E-state index contributed by atoms with van der Waals surface area (Å²) in [5.41, 5.74) is 1.62. The van der Waals surface area contributed by atoms with E-state index in [1.165, 1.54) is 4.90 Å². The van der Waals surface area contributed by atoms with Crippen LogP contribution in [0.5, 0.6) is 0 Å². The topological polar surface area (TPSA) is 108 Å². The van der Waals surface area contributed by atoms with Crippen LogP contribution >= 0.6 is 0 Å². The fourth-order valence-corrected chi connectivity index (χ4v) is 4.37. The first-order valence-corrected chi connectivity index (χ1v) is 12.5. The second kappa shape index (κ2) is 13.1. The molecule has 0 spiro atoms. The Balaban J connectivity index is 1.78. The first-order chi connectivity index (χ1) is 18.5. The molecule has 1 fully saturated rings. The van der Waals surface area contributed by atoms with E-state index >= 15 is 0 Å². The Morgan fingerprint density at radius 2 is 1.59 bits per heavy atom. The first kappa shape index (κ1) is 29.4. The molecule has 0 aromatic heterocycles. The lowest BCUT2D eigenvalue weighted by molar-refractivity contribution is -0.174. The smallest absolute Gasteiger partial charge is 0.342 e. The molecule has 1 saturated heterocycles. The Morgan fingerprint density at radius 3 is 2.18 bits per heavy atom. The minimum absolute atomic E-state index is 0.000623. The summed E-state index contributed by atoms with van der Waals surface area (Å²) in [6.07, 6.45) is -4.45. The van der Waals surface area contributed by atoms with Crippen LogP contribution in [0.25, 0.3) is 0 Å². The van der Waals surface area contributed by atoms with Crippen LogP contribution in [0.2, 0.25) is 0 Å². The number of carbonyl (C=O) groups is 4. The van der Waals surface area contributed by atoms with E-state index in [2.05, 4.69) is 17.2 Å². The van der Waals surface area contributed by atoms with Gasteiger partial charge >= 0.3 is 12.1 Å². The number of halogens is 3. The number of benzene rings is 2. The average Bonchev–Trinajstić information content (AvgIpc) is 3.38. The summed E-state index contributed by atoms with van der Waals surface area (Å²) in [5, 5.41) is 7.02. The van der Waals surface area contributed by atoms with Gasteiger partial charge in [-0.2, -0.15) is 13.2 Å². The van der Waals surface area contributed by atoms with E-state index in [4.69, 9.17) is 0 Å². The molecular formula is C28H31F3N4O4. The minimum Gasteiger partial charge on any atom is -0.342 e. The maximum atomic E-state index is 13.6. The van der Waals surface area contributed by atoms with Crippen molar-refractivity contribution >= 4 is 29.3 Å². The number of hydrogen-bond acceptors (Lipinski definition) is 4. The van der Waals surface area contributed by atoms with Crippen LogP contribution in [-0.2, 0) is 25.6 Å². The molecule has 2 aromatic rings. The number of anilines is 1. The molecule has 11 heteroatoms. The second-order valence-corrected chi connectivity index (χ2v) is 9.48. The number of hydrogen-bond donors (Lipinski definition) is 3. The van der Waals surface area contributed by atoms with Crippen LogP contribution in [0, 0.1) is 0 Å². The largest absolute Gasteiger partial charge is 0.471 e. The molecule has 2 aromatic carbocycles. The van der Waals surface area contributed by atoms with Crippen molar-refractivity contribution in [3.05, 3.63) is 78.4 Å². The number of amides is 4. The van der Waals surface area contributed by atoms with E-state index in [-0.39, 0.29) is 25.3 Å². The highest BCUT2D eigenvalue weighted by atomic mass is 19.4. The number of nitrogens with zero attached hydrogens (tertiary/aromatic N) is 1. The average molecular weight is 545 g/mol. The number of likely N-dealkylation sites (tertiary alicyclic amines) is 1. The van der Waals surface area contributed by atoms with Gasteiger partial charge in [-0.25, -0.2) is 0 Å². The van der Waals surface area contributed by atoms with Gasteiger partial charge in [-0.1, -0.05) is 54.1 Å². The highest BCUT2D eigenvalue weighted by Crippen LogP contribution is 2.22. The van der Waals surface area contributed by atoms with E-state index in [0.717, 1.165) is 0 Å². The highest BCUT2D eigenvalue weighted by molar-refractivity contribution is 5.99. The molecule has 3 N–H and O–H groups in total. The predicted octanol–water partition coefficient (Wildman–Crippen LogP) is 3.36. The Kier molecular flexibility index (Phi) is 9.86. The third kappa shape index (κ3) is 8.42. The molecule has 1 aliphatic heterocycles. The van der Waals surface area contributed by atoms with Crippen molar-refractivity contribution in [2.24, 2.45) is 0 Å². The van der Waals surface area contributed by atoms with Crippen molar-refractivity contribution in [2.45, 2.75) is 56.9 Å². The third-order valence-electron chi connectivity index (χ3n) is 6.21. The first-order valence-electron chi connectivity index (χ1n) is 12.5. The van der Waals surface area contributed by atoms with Gasteiger partial charge in [0, 0.05) is 18.7 Å². The molecule has 3 atom stereocenters. The summed E-state index contributed by atoms with van der Waals surface area (Å²) in [4.78, 5) is 52.8. The molecule has 1 heterocycles. The van der Waals surface area contributed by atoms with E-state index in [1.807, 2.05) is 0 Å². The van der Waals surface area contributed by atoms with Gasteiger partial charge in [0.25, 0.3) is 0 Å². The molecule has 3 rings (SSSR count). The number of nitrogens with one attached hydrogen (secondary N) is 3. The maximum Gasteiger partial charge on any atom is 0.471 e. The molecule has 39 heavy (non-hydrogen) atoms. The molecular weight excluding hydrogens is 513 g/mol. The van der Waals surface area contributed by atoms with Crippen LogP contribution < -0.4 is 16.0 Å². The summed E-state index contributed by atoms with van der Waals surface area (Å²) in [5.74, 6) is -4.16. The lowest BCUT2D eigenvalue weighted by Gasteiger charge is -2.30. The standard InChI is InChI=1S/C28H31F3N4O4/c1-18(2)16-22(26(38)35-15-9-14-23(35)25(37)32-20-12-7-4-8-13-20)33-24(36)21(34-27(39)28(29,30)31)17-19-10-5-3-6-11-19/h3-8,10-13,21-23H,1,9,14-17H2,2H3,(H,32,37)(H,33,36)(H,34,39)/t21-,22-,23-/m0/s1. The molecule has 1 aliphatic rings. The van der Waals surface area contributed by atoms with Crippen LogP contribution in [-0.4, -0.2) is 59.4 Å². The number of rotatable bonds is 10. The lowest BCUT2D eigenvalue weighted by atomic mass is 10.0. The Labute approximate surface area is 224 Å². The van der Waals surface area contributed by atoms with Crippen LogP contribution in [0.1, 0.15) is 31.7 Å². The quantitative estimate of drug-likeness (QED) is 0.399. The van der Waals surface area contributed by atoms with Crippen LogP contribution in [0.3, 0.4) is 0 Å². The Morgan fingerprint density at radius 1 is 0.974 bits per heavy atom. The summed E-state index contributed by atoms with van der Waals surface area (Å²) in [6.45, 7) is 5.71. The van der Waals surface area contributed by atoms with Crippen molar-refractivity contribution in [1.29, 1.82) is 0 Å². The molecule has 208 valence electrons. The number of para-hydroxylation sites is 1. The summed E-state index contributed by atoms with van der Waals surface area (Å²) in [6, 6.07) is 13.4. The monoisotopic (exact) mass is 544 g/mol. The Bertz CT molecular complexity index is 1190. The van der Waals surface area contributed by atoms with E-state index in [0.29, 0.717) is 29.7 Å². The van der Waals surface area contributed by atoms with Gasteiger partial charge in [-0.15, -0.1) is 6.58 Å². The van der Waals surface area contributed by atoms with Crippen molar-refractivity contribution < 1.29 is 32.3 Å². The fourth-order valence-electron chi connectivity index (χ4n) is 4.37. The van der Waals surface area contributed by atoms with E-state index in [9.17, 15) is 32.3 Å². The lowest BCUT2D eigenvalue weighted by Crippen LogP contribution is -2.57. The van der Waals surface area contributed by atoms with Gasteiger partial charge in [-0.05, 0) is 43.9 Å². The van der Waals surface area contributed by atoms with Gasteiger partial charge < -0.3 is 20.9 Å². The predicted molar refractivity (Wildman–Crippen MR) is 139 cm³/mol. The van der Waals surface area contributed by atoms with Crippen LogP contribution in [0.15, 0.2) is 72.8 Å². The molecule has 0 radical (unpaired) electrons. The fraction of sp³-hybridized carbons (Fsp3) is 0.357. The second-order valence-electron chi connectivity index (χ2n) is 9.48. The third-order valence-corrected chi connectivity index (χ3v) is 6.21. The molecule has 0 aliphatic carbocycles. The SMILES string of the molecule is C=C(C)C[C@H](NC(=O)[C@H](Cc1ccccc1)NC(=O)C(F)(F)F)C(=O)N1CCC[C@H]1C(=O)Nc1ccccc1. The van der Waals surface area contributed by atoms with Crippen molar-refractivity contribution in [3.8, 4) is 0 Å². The van der Waals surface area contributed by atoms with Crippen LogP contribution in [0.4, 0.5) is 18.9 Å². The molecule has 0 bridgehead atoms. The van der Waals surface area contributed by atoms with Crippen molar-refractivity contribution in [2.75, 3.05) is 11.9 Å². The summed E-state index contributed by atoms with van der Waals surface area (Å²) >= 11 is 0. The van der Waals surface area contributed by atoms with Gasteiger partial charge in [0.2, 0.25) is 17.7 Å². The minimum atomic E-state index is -5.20. The maximum absolute atomic E-state index is 13.6. The van der Waals surface area contributed by atoms with E-state index in [1.54, 1.807) is 72.9 Å². The van der Waals surface area contributed by atoms with E-state index < -0.39 is 42.0 Å². The van der Waals surface area contributed by atoms with Gasteiger partial charge in [-0.3, -0.25) is 19.2 Å². The number of carbonyl (C=O) groups excluding carboxylic acids is 4. The molecule has 8 nitrogen and oxygen atoms in total. The number of alkyl halides is 3.